The van der Waals surface area contributed by atoms with E-state index in [1.807, 2.05) is 0 Å². The quantitative estimate of drug-likeness (QED) is 0.893. The Bertz CT molecular complexity index is 657. The Balaban J connectivity index is 1.50. The summed E-state index contributed by atoms with van der Waals surface area (Å²) >= 11 is 6.09. The van der Waals surface area contributed by atoms with Gasteiger partial charge in [-0.2, -0.15) is 4.98 Å². The Hall–Kier alpha value is -1.54. The molecule has 0 bridgehead atoms. The summed E-state index contributed by atoms with van der Waals surface area (Å²) < 4.78 is 18.1. The first-order chi connectivity index (χ1) is 11.1. The third-order valence-electron chi connectivity index (χ3n) is 3.92. The molecule has 1 aromatic carbocycles. The molecule has 1 aromatic heterocycles. The minimum Gasteiger partial charge on any atom is -0.338 e. The van der Waals surface area contributed by atoms with E-state index in [4.69, 9.17) is 21.9 Å². The summed E-state index contributed by atoms with van der Waals surface area (Å²) in [7, 11) is 0. The number of rotatable bonds is 5. The topological polar surface area (TPSA) is 71.4 Å². The number of aromatic nitrogens is 2. The van der Waals surface area contributed by atoms with Gasteiger partial charge in [-0.05, 0) is 17.7 Å². The zero-order valence-corrected chi connectivity index (χ0v) is 13.5. The molecule has 8 heteroatoms. The molecule has 23 heavy (non-hydrogen) atoms. The summed E-state index contributed by atoms with van der Waals surface area (Å²) in [6.45, 7) is 5.29. The number of piperazine rings is 1. The van der Waals surface area contributed by atoms with Crippen LogP contribution in [-0.2, 0) is 19.6 Å². The van der Waals surface area contributed by atoms with Crippen molar-refractivity contribution in [1.82, 2.24) is 19.9 Å². The highest BCUT2D eigenvalue weighted by Crippen LogP contribution is 2.20. The first kappa shape index (κ1) is 16.3. The van der Waals surface area contributed by atoms with Crippen LogP contribution in [0.2, 0.25) is 5.02 Å². The molecule has 0 unspecified atom stereocenters. The van der Waals surface area contributed by atoms with Crippen LogP contribution in [-0.4, -0.2) is 46.1 Å². The van der Waals surface area contributed by atoms with Gasteiger partial charge in [-0.3, -0.25) is 9.80 Å². The van der Waals surface area contributed by atoms with Crippen molar-refractivity contribution in [3.05, 3.63) is 46.3 Å². The molecule has 0 atom stereocenters. The largest absolute Gasteiger partial charge is 0.338 e. The Labute approximate surface area is 139 Å². The fourth-order valence-electron chi connectivity index (χ4n) is 2.63. The smallest absolute Gasteiger partial charge is 0.240 e. The van der Waals surface area contributed by atoms with Crippen molar-refractivity contribution >= 4 is 11.6 Å². The van der Waals surface area contributed by atoms with Crippen LogP contribution >= 0.6 is 11.6 Å². The molecule has 0 amide bonds. The van der Waals surface area contributed by atoms with E-state index in [2.05, 4.69) is 19.9 Å². The van der Waals surface area contributed by atoms with E-state index in [1.165, 1.54) is 12.1 Å². The monoisotopic (exact) mass is 339 g/mol. The zero-order valence-electron chi connectivity index (χ0n) is 12.7. The van der Waals surface area contributed by atoms with Gasteiger partial charge in [0.2, 0.25) is 5.89 Å². The van der Waals surface area contributed by atoms with Crippen molar-refractivity contribution in [2.75, 3.05) is 26.2 Å². The first-order valence-electron chi connectivity index (χ1n) is 7.54. The van der Waals surface area contributed by atoms with E-state index >= 15 is 0 Å². The number of nitrogens with zero attached hydrogens (tertiary/aromatic N) is 4. The summed E-state index contributed by atoms with van der Waals surface area (Å²) in [5.41, 5.74) is 6.41. The predicted molar refractivity (Wildman–Crippen MR) is 84.2 cm³/mol. The van der Waals surface area contributed by atoms with Crippen LogP contribution < -0.4 is 5.73 Å². The lowest BCUT2D eigenvalue weighted by Crippen LogP contribution is -2.45. The molecule has 2 heterocycles. The first-order valence-corrected chi connectivity index (χ1v) is 7.92. The SMILES string of the molecule is NCc1nc(CN2CCN(Cc3ccc(F)cc3Cl)CC2)no1. The summed E-state index contributed by atoms with van der Waals surface area (Å²) in [5, 5.41) is 4.39. The van der Waals surface area contributed by atoms with E-state index in [9.17, 15) is 4.39 Å². The third-order valence-corrected chi connectivity index (χ3v) is 4.28. The van der Waals surface area contributed by atoms with Gasteiger partial charge in [-0.25, -0.2) is 4.39 Å². The summed E-state index contributed by atoms with van der Waals surface area (Å²) in [4.78, 5) is 8.79. The molecule has 2 N–H and O–H groups in total. The van der Waals surface area contributed by atoms with Crippen LogP contribution in [0.3, 0.4) is 0 Å². The second-order valence-electron chi connectivity index (χ2n) is 5.60. The molecule has 3 rings (SSSR count). The lowest BCUT2D eigenvalue weighted by atomic mass is 10.2. The van der Waals surface area contributed by atoms with Crippen LogP contribution in [0, 0.1) is 5.82 Å². The Morgan fingerprint density at radius 3 is 2.48 bits per heavy atom. The average molecular weight is 340 g/mol. The maximum Gasteiger partial charge on any atom is 0.240 e. The van der Waals surface area contributed by atoms with Gasteiger partial charge in [0.25, 0.3) is 0 Å². The summed E-state index contributed by atoms with van der Waals surface area (Å²) in [5.74, 6) is 0.825. The van der Waals surface area contributed by atoms with Crippen molar-refractivity contribution in [1.29, 1.82) is 0 Å². The number of nitrogens with two attached hydrogens (primary N) is 1. The average Bonchev–Trinajstić information content (AvgIpc) is 2.99. The summed E-state index contributed by atoms with van der Waals surface area (Å²) in [6, 6.07) is 4.55. The molecule has 124 valence electrons. The van der Waals surface area contributed by atoms with Gasteiger partial charge < -0.3 is 10.3 Å². The summed E-state index contributed by atoms with van der Waals surface area (Å²) in [6.07, 6.45) is 0. The minimum atomic E-state index is -0.305. The lowest BCUT2D eigenvalue weighted by molar-refractivity contribution is 0.119. The zero-order chi connectivity index (χ0) is 16.2. The van der Waals surface area contributed by atoms with Crippen molar-refractivity contribution in [2.45, 2.75) is 19.6 Å². The van der Waals surface area contributed by atoms with E-state index in [0.717, 1.165) is 38.3 Å². The van der Waals surface area contributed by atoms with Gasteiger partial charge in [0.1, 0.15) is 5.82 Å². The Morgan fingerprint density at radius 2 is 1.87 bits per heavy atom. The molecule has 1 saturated heterocycles. The van der Waals surface area contributed by atoms with E-state index in [-0.39, 0.29) is 12.4 Å². The third kappa shape index (κ3) is 4.26. The molecule has 1 fully saturated rings. The van der Waals surface area contributed by atoms with Gasteiger partial charge in [-0.15, -0.1) is 0 Å². The van der Waals surface area contributed by atoms with Gasteiger partial charge in [0, 0.05) is 37.7 Å². The second kappa shape index (κ2) is 7.35. The number of hydrogen-bond donors (Lipinski definition) is 1. The van der Waals surface area contributed by atoms with Crippen LogP contribution in [0.1, 0.15) is 17.3 Å². The molecule has 0 spiro atoms. The van der Waals surface area contributed by atoms with Crippen molar-refractivity contribution in [2.24, 2.45) is 5.73 Å². The molecule has 0 radical (unpaired) electrons. The van der Waals surface area contributed by atoms with Crippen LogP contribution in [0.4, 0.5) is 4.39 Å². The van der Waals surface area contributed by atoms with E-state index in [1.54, 1.807) is 6.07 Å². The van der Waals surface area contributed by atoms with Gasteiger partial charge in [-0.1, -0.05) is 22.8 Å². The molecule has 2 aromatic rings. The van der Waals surface area contributed by atoms with Gasteiger partial charge in [0.05, 0.1) is 13.1 Å². The lowest BCUT2D eigenvalue weighted by Gasteiger charge is -2.34. The van der Waals surface area contributed by atoms with Crippen LogP contribution in [0.25, 0.3) is 0 Å². The van der Waals surface area contributed by atoms with Gasteiger partial charge in [0.15, 0.2) is 5.82 Å². The minimum absolute atomic E-state index is 0.263. The molecule has 0 aliphatic carbocycles. The maximum absolute atomic E-state index is 13.1. The fraction of sp³-hybridized carbons (Fsp3) is 0.467. The van der Waals surface area contributed by atoms with Crippen molar-refractivity contribution in [3.8, 4) is 0 Å². The molecule has 0 saturated carbocycles. The number of halogens is 2. The Kier molecular flexibility index (Phi) is 5.22. The molecule has 1 aliphatic heterocycles. The van der Waals surface area contributed by atoms with Crippen molar-refractivity contribution in [3.63, 3.8) is 0 Å². The molecular formula is C15H19ClFN5O. The number of benzene rings is 1. The normalized spacial score (nSPS) is 16.8. The Morgan fingerprint density at radius 1 is 1.17 bits per heavy atom. The highest BCUT2D eigenvalue weighted by atomic mass is 35.5. The predicted octanol–water partition coefficient (Wildman–Crippen LogP) is 1.64. The number of hydrogen-bond acceptors (Lipinski definition) is 6. The highest BCUT2D eigenvalue weighted by molar-refractivity contribution is 6.31. The fourth-order valence-corrected chi connectivity index (χ4v) is 2.86. The second-order valence-corrected chi connectivity index (χ2v) is 6.00. The van der Waals surface area contributed by atoms with E-state index in [0.29, 0.717) is 23.3 Å². The van der Waals surface area contributed by atoms with Crippen LogP contribution in [0.15, 0.2) is 22.7 Å². The standard InChI is InChI=1S/C15H19ClFN5O/c16-13-7-12(17)2-1-11(13)9-21-3-5-22(6-4-21)10-14-19-15(8-18)23-20-14/h1-2,7H,3-6,8-10,18H2. The molecule has 1 aliphatic rings. The van der Waals surface area contributed by atoms with Crippen LogP contribution in [0.5, 0.6) is 0 Å². The van der Waals surface area contributed by atoms with E-state index < -0.39 is 0 Å². The molecular weight excluding hydrogens is 321 g/mol. The maximum atomic E-state index is 13.1. The molecule has 6 nitrogen and oxygen atoms in total. The highest BCUT2D eigenvalue weighted by Gasteiger charge is 2.19. The van der Waals surface area contributed by atoms with Crippen molar-refractivity contribution < 1.29 is 8.91 Å². The van der Waals surface area contributed by atoms with Gasteiger partial charge >= 0.3 is 0 Å².